The molecule has 0 spiro atoms. The topological polar surface area (TPSA) is 76.7 Å². The maximum Gasteiger partial charge on any atom is 0.291 e. The van der Waals surface area contributed by atoms with E-state index in [2.05, 4.69) is 10.6 Å². The molecule has 7 heteroatoms. The summed E-state index contributed by atoms with van der Waals surface area (Å²) in [7, 11) is 1.60. The number of aryl methyl sites for hydroxylation is 1. The highest BCUT2D eigenvalue weighted by molar-refractivity contribution is 8.02. The Morgan fingerprint density at radius 2 is 2.00 bits per heavy atom. The average molecular weight is 398 g/mol. The van der Waals surface area contributed by atoms with Crippen molar-refractivity contribution in [2.45, 2.75) is 13.5 Å². The first-order chi connectivity index (χ1) is 13.6. The number of hydrogen-bond donors (Lipinski definition) is 2. The van der Waals surface area contributed by atoms with Gasteiger partial charge < -0.3 is 20.1 Å². The summed E-state index contributed by atoms with van der Waals surface area (Å²) >= 11 is 1.54. The second kappa shape index (κ2) is 9.32. The Bertz CT molecular complexity index is 911. The van der Waals surface area contributed by atoms with Crippen molar-refractivity contribution in [2.75, 3.05) is 24.8 Å². The summed E-state index contributed by atoms with van der Waals surface area (Å²) in [5.74, 6) is 1.30. The summed E-state index contributed by atoms with van der Waals surface area (Å²) in [5.41, 5.74) is 2.79. The minimum atomic E-state index is -0.318. The average Bonchev–Trinajstić information content (AvgIpc) is 2.74. The van der Waals surface area contributed by atoms with Gasteiger partial charge in [-0.15, -0.1) is 11.8 Å². The fourth-order valence-corrected chi connectivity index (χ4v) is 3.32. The van der Waals surface area contributed by atoms with Gasteiger partial charge in [0.05, 0.1) is 13.7 Å². The standard InChI is InChI=1S/C21H22N2O4S/c1-14-7-8-15(11-17(14)23-21(25)19-13-28-10-9-27-19)20(24)22-12-16-5-3-4-6-18(16)26-2/h3-8,11,13H,9-10,12H2,1-2H3,(H,22,24)(H,23,25). The van der Waals surface area contributed by atoms with Crippen molar-refractivity contribution in [1.82, 2.24) is 5.32 Å². The normalized spacial score (nSPS) is 13.1. The van der Waals surface area contributed by atoms with Crippen molar-refractivity contribution in [2.24, 2.45) is 0 Å². The van der Waals surface area contributed by atoms with Crippen LogP contribution in [0.3, 0.4) is 0 Å². The molecule has 0 aromatic heterocycles. The molecular weight excluding hydrogens is 376 g/mol. The molecule has 2 N–H and O–H groups in total. The van der Waals surface area contributed by atoms with Crippen LogP contribution in [0.25, 0.3) is 0 Å². The number of anilines is 1. The highest BCUT2D eigenvalue weighted by Crippen LogP contribution is 2.21. The van der Waals surface area contributed by atoms with Gasteiger partial charge in [0, 0.05) is 34.5 Å². The van der Waals surface area contributed by atoms with E-state index in [1.54, 1.807) is 30.7 Å². The SMILES string of the molecule is COc1ccccc1CNC(=O)c1ccc(C)c(NC(=O)C2=CSCCO2)c1. The van der Waals surface area contributed by atoms with Gasteiger partial charge in [0.15, 0.2) is 5.76 Å². The molecule has 1 aliphatic rings. The molecule has 1 aliphatic heterocycles. The lowest BCUT2D eigenvalue weighted by Gasteiger charge is -2.16. The van der Waals surface area contributed by atoms with Crippen LogP contribution in [0.2, 0.25) is 0 Å². The third-order valence-corrected chi connectivity index (χ3v) is 5.04. The van der Waals surface area contributed by atoms with Crippen LogP contribution in [0.4, 0.5) is 5.69 Å². The van der Waals surface area contributed by atoms with Crippen molar-refractivity contribution >= 4 is 29.3 Å². The minimum absolute atomic E-state index is 0.231. The second-order valence-corrected chi connectivity index (χ2v) is 7.16. The Morgan fingerprint density at radius 3 is 2.75 bits per heavy atom. The van der Waals surface area contributed by atoms with E-state index < -0.39 is 0 Å². The smallest absolute Gasteiger partial charge is 0.291 e. The van der Waals surface area contributed by atoms with Crippen LogP contribution in [0.15, 0.2) is 53.6 Å². The van der Waals surface area contributed by atoms with Crippen molar-refractivity contribution < 1.29 is 19.1 Å². The predicted octanol–water partition coefficient (Wildman–Crippen LogP) is 3.48. The number of hydrogen-bond acceptors (Lipinski definition) is 5. The number of rotatable bonds is 6. The summed E-state index contributed by atoms with van der Waals surface area (Å²) < 4.78 is 10.7. The van der Waals surface area contributed by atoms with Crippen LogP contribution in [-0.2, 0) is 16.1 Å². The van der Waals surface area contributed by atoms with Gasteiger partial charge in [-0.2, -0.15) is 0 Å². The van der Waals surface area contributed by atoms with Crippen molar-refractivity contribution in [3.05, 3.63) is 70.3 Å². The molecule has 6 nitrogen and oxygen atoms in total. The zero-order valence-corrected chi connectivity index (χ0v) is 16.6. The maximum absolute atomic E-state index is 12.6. The molecule has 0 radical (unpaired) electrons. The van der Waals surface area contributed by atoms with Gasteiger partial charge in [-0.3, -0.25) is 9.59 Å². The first-order valence-electron chi connectivity index (χ1n) is 8.85. The molecule has 2 amide bonds. The fraction of sp³-hybridized carbons (Fsp3) is 0.238. The Morgan fingerprint density at radius 1 is 1.18 bits per heavy atom. The molecule has 0 saturated heterocycles. The van der Waals surface area contributed by atoms with E-state index >= 15 is 0 Å². The lowest BCUT2D eigenvalue weighted by Crippen LogP contribution is -2.24. The minimum Gasteiger partial charge on any atom is -0.496 e. The van der Waals surface area contributed by atoms with Crippen molar-refractivity contribution in [1.29, 1.82) is 0 Å². The van der Waals surface area contributed by atoms with Crippen LogP contribution < -0.4 is 15.4 Å². The summed E-state index contributed by atoms with van der Waals surface area (Å²) in [4.78, 5) is 24.9. The van der Waals surface area contributed by atoms with E-state index in [1.165, 1.54) is 11.8 Å². The van der Waals surface area contributed by atoms with Gasteiger partial charge in [-0.1, -0.05) is 24.3 Å². The molecular formula is C21H22N2O4S. The Kier molecular flexibility index (Phi) is 6.60. The van der Waals surface area contributed by atoms with Gasteiger partial charge >= 0.3 is 0 Å². The van der Waals surface area contributed by atoms with E-state index in [0.29, 0.717) is 30.2 Å². The van der Waals surface area contributed by atoms with Gasteiger partial charge in [-0.25, -0.2) is 0 Å². The number of carbonyl (C=O) groups excluding carboxylic acids is 2. The monoisotopic (exact) mass is 398 g/mol. The lowest BCUT2D eigenvalue weighted by atomic mass is 10.1. The second-order valence-electron chi connectivity index (χ2n) is 6.18. The molecule has 0 saturated carbocycles. The van der Waals surface area contributed by atoms with Gasteiger partial charge in [0.1, 0.15) is 5.75 Å². The Labute approximate surface area is 168 Å². The molecule has 0 unspecified atom stereocenters. The summed E-state index contributed by atoms with van der Waals surface area (Å²) in [6, 6.07) is 12.7. The first kappa shape index (κ1) is 19.8. The molecule has 3 rings (SSSR count). The first-order valence-corrected chi connectivity index (χ1v) is 9.90. The molecule has 0 atom stereocenters. The van der Waals surface area contributed by atoms with Crippen LogP contribution in [-0.4, -0.2) is 31.3 Å². The maximum atomic E-state index is 12.6. The molecule has 28 heavy (non-hydrogen) atoms. The van der Waals surface area contributed by atoms with Gasteiger partial charge in [-0.05, 0) is 30.7 Å². The largest absolute Gasteiger partial charge is 0.496 e. The van der Waals surface area contributed by atoms with Crippen LogP contribution >= 0.6 is 11.8 Å². The molecule has 1 heterocycles. The van der Waals surface area contributed by atoms with Crippen LogP contribution in [0.1, 0.15) is 21.5 Å². The molecule has 2 aromatic carbocycles. The zero-order chi connectivity index (χ0) is 19.9. The number of amides is 2. The highest BCUT2D eigenvalue weighted by Gasteiger charge is 2.16. The number of methoxy groups -OCH3 is 1. The van der Waals surface area contributed by atoms with E-state index in [-0.39, 0.29) is 11.8 Å². The van der Waals surface area contributed by atoms with Gasteiger partial charge in [0.2, 0.25) is 0 Å². The fourth-order valence-electron chi connectivity index (χ4n) is 2.70. The van der Waals surface area contributed by atoms with E-state index in [1.807, 2.05) is 31.2 Å². The van der Waals surface area contributed by atoms with Crippen LogP contribution in [0.5, 0.6) is 5.75 Å². The Balaban J connectivity index is 1.68. The van der Waals surface area contributed by atoms with E-state index in [4.69, 9.17) is 9.47 Å². The summed E-state index contributed by atoms with van der Waals surface area (Å²) in [6.45, 7) is 2.72. The van der Waals surface area contributed by atoms with Crippen LogP contribution in [0, 0.1) is 6.92 Å². The van der Waals surface area contributed by atoms with E-state index in [9.17, 15) is 9.59 Å². The summed E-state index contributed by atoms with van der Waals surface area (Å²) in [5, 5.41) is 7.41. The molecule has 0 bridgehead atoms. The van der Waals surface area contributed by atoms with Crippen molar-refractivity contribution in [3.63, 3.8) is 0 Å². The van der Waals surface area contributed by atoms with E-state index in [0.717, 1.165) is 22.6 Å². The quantitative estimate of drug-likeness (QED) is 0.779. The number of carbonyl (C=O) groups is 2. The molecule has 0 fully saturated rings. The molecule has 2 aromatic rings. The van der Waals surface area contributed by atoms with Crippen molar-refractivity contribution in [3.8, 4) is 5.75 Å². The van der Waals surface area contributed by atoms with Gasteiger partial charge in [0.25, 0.3) is 11.8 Å². The number of thioether (sulfide) groups is 1. The number of benzene rings is 2. The number of ether oxygens (including phenoxy) is 2. The number of nitrogens with one attached hydrogen (secondary N) is 2. The number of para-hydroxylation sites is 1. The Hall–Kier alpha value is -2.93. The predicted molar refractivity (Wildman–Crippen MR) is 110 cm³/mol. The highest BCUT2D eigenvalue weighted by atomic mass is 32.2. The zero-order valence-electron chi connectivity index (χ0n) is 15.8. The third-order valence-electron chi connectivity index (χ3n) is 4.25. The lowest BCUT2D eigenvalue weighted by molar-refractivity contribution is -0.116. The summed E-state index contributed by atoms with van der Waals surface area (Å²) in [6.07, 6.45) is 0. The molecule has 146 valence electrons. The third kappa shape index (κ3) is 4.86. The molecule has 0 aliphatic carbocycles.